The van der Waals surface area contributed by atoms with Crippen LogP contribution in [-0.4, -0.2) is 28.2 Å². The summed E-state index contributed by atoms with van der Waals surface area (Å²) in [4.78, 5) is 37.0. The van der Waals surface area contributed by atoms with E-state index in [1.807, 2.05) is 36.4 Å². The van der Waals surface area contributed by atoms with Gasteiger partial charge in [0.1, 0.15) is 0 Å². The summed E-state index contributed by atoms with van der Waals surface area (Å²) >= 11 is 0. The highest BCUT2D eigenvalue weighted by Crippen LogP contribution is 2.23. The summed E-state index contributed by atoms with van der Waals surface area (Å²) in [6.07, 6.45) is -1.06. The molecular weight excluding hydrogens is 370 g/mol. The van der Waals surface area contributed by atoms with E-state index in [9.17, 15) is 14.4 Å². The molecule has 7 heteroatoms. The van der Waals surface area contributed by atoms with Gasteiger partial charge >= 0.3 is 5.97 Å². The molecule has 0 aliphatic heterocycles. The largest absolute Gasteiger partial charge is 0.448 e. The number of nitrogens with zero attached hydrogens (tertiary/aromatic N) is 1. The topological polar surface area (TPSA) is 101 Å². The van der Waals surface area contributed by atoms with Crippen LogP contribution in [-0.2, 0) is 9.53 Å². The fourth-order valence-corrected chi connectivity index (χ4v) is 3.11. The summed E-state index contributed by atoms with van der Waals surface area (Å²) in [6.45, 7) is 1.48. The first-order chi connectivity index (χ1) is 14.0. The average Bonchev–Trinajstić information content (AvgIpc) is 2.74. The number of hydrogen-bond donors (Lipinski definition) is 2. The standard InChI is InChI=1S/C22H17N3O4/c1-13(20(26)23-18-12-6-8-14-7-2-3-9-15(14)18)29-22(28)19-16-10-4-5-11-17(16)21(27)25-24-19/h2-13H,1H3,(H,23,26)(H,25,27)/t13-/m1/s1. The minimum atomic E-state index is -1.06. The Kier molecular flexibility index (Phi) is 4.78. The molecule has 7 nitrogen and oxygen atoms in total. The number of anilines is 1. The van der Waals surface area contributed by atoms with Crippen LogP contribution in [0.1, 0.15) is 17.4 Å². The van der Waals surface area contributed by atoms with Gasteiger partial charge in [0.15, 0.2) is 11.8 Å². The SMILES string of the molecule is C[C@@H](OC(=O)c1n[nH]c(=O)c2ccccc12)C(=O)Nc1cccc2ccccc12. The number of hydrogen-bond acceptors (Lipinski definition) is 5. The van der Waals surface area contributed by atoms with E-state index in [2.05, 4.69) is 15.5 Å². The van der Waals surface area contributed by atoms with Gasteiger partial charge in [-0.15, -0.1) is 0 Å². The summed E-state index contributed by atoms with van der Waals surface area (Å²) in [6, 6.07) is 19.8. The first kappa shape index (κ1) is 18.4. The normalized spacial score (nSPS) is 11.9. The van der Waals surface area contributed by atoms with E-state index in [4.69, 9.17) is 4.74 Å². The third-order valence-electron chi connectivity index (χ3n) is 4.59. The highest BCUT2D eigenvalue weighted by Gasteiger charge is 2.22. The molecule has 0 saturated carbocycles. The third-order valence-corrected chi connectivity index (χ3v) is 4.59. The number of ether oxygens (including phenoxy) is 1. The smallest absolute Gasteiger partial charge is 0.360 e. The second-order valence-corrected chi connectivity index (χ2v) is 6.51. The minimum absolute atomic E-state index is 0.0509. The Morgan fingerprint density at radius 2 is 1.59 bits per heavy atom. The van der Waals surface area contributed by atoms with E-state index in [0.29, 0.717) is 16.5 Å². The van der Waals surface area contributed by atoms with E-state index in [-0.39, 0.29) is 5.69 Å². The number of rotatable bonds is 4. The van der Waals surface area contributed by atoms with Gasteiger partial charge in [0.05, 0.1) is 5.39 Å². The van der Waals surface area contributed by atoms with Crippen LogP contribution in [0.3, 0.4) is 0 Å². The van der Waals surface area contributed by atoms with E-state index < -0.39 is 23.5 Å². The Morgan fingerprint density at radius 1 is 0.931 bits per heavy atom. The Balaban J connectivity index is 1.54. The van der Waals surface area contributed by atoms with Crippen LogP contribution in [0.15, 0.2) is 71.5 Å². The van der Waals surface area contributed by atoms with Crippen LogP contribution in [0.4, 0.5) is 5.69 Å². The maximum atomic E-state index is 12.6. The molecule has 1 atom stereocenters. The molecule has 3 aromatic carbocycles. The van der Waals surface area contributed by atoms with Crippen LogP contribution in [0.25, 0.3) is 21.5 Å². The minimum Gasteiger partial charge on any atom is -0.448 e. The van der Waals surface area contributed by atoms with Gasteiger partial charge in [-0.25, -0.2) is 9.89 Å². The van der Waals surface area contributed by atoms with Crippen LogP contribution in [0.2, 0.25) is 0 Å². The lowest BCUT2D eigenvalue weighted by Gasteiger charge is -2.15. The summed E-state index contributed by atoms with van der Waals surface area (Å²) in [5.41, 5.74) is 0.174. The molecule has 2 N–H and O–H groups in total. The molecule has 1 heterocycles. The Bertz CT molecular complexity index is 1290. The van der Waals surface area contributed by atoms with Crippen LogP contribution in [0.5, 0.6) is 0 Å². The molecule has 0 bridgehead atoms. The molecule has 0 unspecified atom stereocenters. The molecular formula is C22H17N3O4. The summed E-state index contributed by atoms with van der Waals surface area (Å²) in [5.74, 6) is -1.26. The van der Waals surface area contributed by atoms with Crippen molar-refractivity contribution in [2.45, 2.75) is 13.0 Å². The maximum absolute atomic E-state index is 12.6. The predicted molar refractivity (Wildman–Crippen MR) is 110 cm³/mol. The van der Waals surface area contributed by atoms with Crippen molar-refractivity contribution in [2.24, 2.45) is 0 Å². The van der Waals surface area contributed by atoms with Crippen molar-refractivity contribution in [1.82, 2.24) is 10.2 Å². The average molecular weight is 387 g/mol. The van der Waals surface area contributed by atoms with Crippen molar-refractivity contribution in [2.75, 3.05) is 5.32 Å². The quantitative estimate of drug-likeness (QED) is 0.524. The summed E-state index contributed by atoms with van der Waals surface area (Å²) < 4.78 is 5.29. The van der Waals surface area contributed by atoms with E-state index in [0.717, 1.165) is 10.8 Å². The molecule has 0 fully saturated rings. The van der Waals surface area contributed by atoms with Crippen molar-refractivity contribution in [3.8, 4) is 0 Å². The van der Waals surface area contributed by atoms with Crippen LogP contribution >= 0.6 is 0 Å². The van der Waals surface area contributed by atoms with Crippen molar-refractivity contribution >= 4 is 39.1 Å². The second kappa shape index (κ2) is 7.55. The molecule has 1 amide bonds. The second-order valence-electron chi connectivity index (χ2n) is 6.51. The van der Waals surface area contributed by atoms with E-state index in [1.54, 1.807) is 30.3 Å². The Morgan fingerprint density at radius 3 is 2.38 bits per heavy atom. The molecule has 4 aromatic rings. The first-order valence-corrected chi connectivity index (χ1v) is 9.01. The zero-order valence-corrected chi connectivity index (χ0v) is 15.5. The molecule has 144 valence electrons. The number of benzene rings is 3. The lowest BCUT2D eigenvalue weighted by atomic mass is 10.1. The molecule has 0 aliphatic carbocycles. The van der Waals surface area contributed by atoms with Crippen LogP contribution < -0.4 is 10.9 Å². The first-order valence-electron chi connectivity index (χ1n) is 9.01. The number of carbonyl (C=O) groups is 2. The van der Waals surface area contributed by atoms with E-state index in [1.165, 1.54) is 6.92 Å². The fourth-order valence-electron chi connectivity index (χ4n) is 3.11. The van der Waals surface area contributed by atoms with Gasteiger partial charge in [-0.1, -0.05) is 54.6 Å². The molecule has 29 heavy (non-hydrogen) atoms. The van der Waals surface area contributed by atoms with Gasteiger partial charge in [-0.2, -0.15) is 5.10 Å². The lowest BCUT2D eigenvalue weighted by molar-refractivity contribution is -0.123. The zero-order chi connectivity index (χ0) is 20.4. The number of H-pyrrole nitrogens is 1. The summed E-state index contributed by atoms with van der Waals surface area (Å²) in [7, 11) is 0. The van der Waals surface area contributed by atoms with E-state index >= 15 is 0 Å². The highest BCUT2D eigenvalue weighted by atomic mass is 16.5. The number of aromatic nitrogens is 2. The van der Waals surface area contributed by atoms with Crippen molar-refractivity contribution in [1.29, 1.82) is 0 Å². The van der Waals surface area contributed by atoms with Crippen molar-refractivity contribution in [3.63, 3.8) is 0 Å². The van der Waals surface area contributed by atoms with Crippen molar-refractivity contribution < 1.29 is 14.3 Å². The van der Waals surface area contributed by atoms with Gasteiger partial charge in [0, 0.05) is 16.5 Å². The highest BCUT2D eigenvalue weighted by molar-refractivity contribution is 6.06. The number of carbonyl (C=O) groups excluding carboxylic acids is 2. The Hall–Kier alpha value is -4.00. The maximum Gasteiger partial charge on any atom is 0.360 e. The van der Waals surface area contributed by atoms with Gasteiger partial charge in [0.25, 0.3) is 11.5 Å². The lowest BCUT2D eigenvalue weighted by Crippen LogP contribution is -2.30. The van der Waals surface area contributed by atoms with Crippen LogP contribution in [0, 0.1) is 0 Å². The third kappa shape index (κ3) is 3.58. The molecule has 4 rings (SSSR count). The molecule has 0 aliphatic rings. The van der Waals surface area contributed by atoms with Gasteiger partial charge < -0.3 is 10.1 Å². The van der Waals surface area contributed by atoms with Gasteiger partial charge in [0.2, 0.25) is 0 Å². The predicted octanol–water partition coefficient (Wildman–Crippen LogP) is 3.26. The monoisotopic (exact) mass is 387 g/mol. The number of aromatic amines is 1. The Labute approximate surface area is 165 Å². The molecule has 1 aromatic heterocycles. The summed E-state index contributed by atoms with van der Waals surface area (Å²) in [5, 5.41) is 11.4. The van der Waals surface area contributed by atoms with Crippen molar-refractivity contribution in [3.05, 3.63) is 82.8 Å². The number of esters is 1. The molecule has 0 spiro atoms. The number of amides is 1. The number of fused-ring (bicyclic) bond motifs is 2. The number of nitrogens with one attached hydrogen (secondary N) is 2. The molecule has 0 radical (unpaired) electrons. The van der Waals surface area contributed by atoms with Gasteiger partial charge in [-0.05, 0) is 24.4 Å². The zero-order valence-electron chi connectivity index (χ0n) is 15.5. The van der Waals surface area contributed by atoms with Gasteiger partial charge in [-0.3, -0.25) is 9.59 Å². The fraction of sp³-hybridized carbons (Fsp3) is 0.0909. The molecule has 0 saturated heterocycles.